The summed E-state index contributed by atoms with van der Waals surface area (Å²) in [7, 11) is 1.55. The summed E-state index contributed by atoms with van der Waals surface area (Å²) in [5, 5.41) is 25.2. The van der Waals surface area contributed by atoms with Crippen LogP contribution in [0.15, 0.2) is 59.9 Å². The summed E-state index contributed by atoms with van der Waals surface area (Å²) in [4.78, 5) is 20.6. The molecule has 0 fully saturated rings. The van der Waals surface area contributed by atoms with Crippen LogP contribution in [0, 0.1) is 0 Å². The Balaban J connectivity index is 1.73. The molecule has 0 radical (unpaired) electrons. The van der Waals surface area contributed by atoms with E-state index in [2.05, 4.69) is 46.3 Å². The molecule has 31 heavy (non-hydrogen) atoms. The van der Waals surface area contributed by atoms with E-state index in [4.69, 9.17) is 0 Å². The molecule has 0 unspecified atom stereocenters. The van der Waals surface area contributed by atoms with E-state index < -0.39 is 0 Å². The third-order valence-electron chi connectivity index (χ3n) is 4.32. The third-order valence-corrected chi connectivity index (χ3v) is 5.17. The monoisotopic (exact) mass is 433 g/mol. The number of thioether (sulfide) groups is 1. The fraction of sp³-hybridized carbons (Fsp3) is 0.100. The summed E-state index contributed by atoms with van der Waals surface area (Å²) in [5.74, 6) is 1.37. The standard InChI is InChI=1S/C20H19N9OS/c1-21-20(30)17-14(10-16(27-28-17)26-15-8-3-4-9-22-15)25-13-7-5-6-12(18(13)31-2)19-23-11-24-29-19/h3-11H,1-2H3,(H,21,30)(H,23,24,29)(H2,22,25,26,27). The Labute approximate surface area is 182 Å². The van der Waals surface area contributed by atoms with E-state index in [9.17, 15) is 4.79 Å². The highest BCUT2D eigenvalue weighted by molar-refractivity contribution is 7.98. The number of rotatable bonds is 7. The van der Waals surface area contributed by atoms with Gasteiger partial charge in [-0.1, -0.05) is 12.1 Å². The van der Waals surface area contributed by atoms with Gasteiger partial charge in [-0.2, -0.15) is 0 Å². The average molecular weight is 434 g/mol. The van der Waals surface area contributed by atoms with Gasteiger partial charge in [0, 0.05) is 29.8 Å². The van der Waals surface area contributed by atoms with Gasteiger partial charge < -0.3 is 20.9 Å². The van der Waals surface area contributed by atoms with Crippen molar-refractivity contribution < 1.29 is 4.79 Å². The van der Waals surface area contributed by atoms with E-state index in [0.29, 0.717) is 23.1 Å². The summed E-state index contributed by atoms with van der Waals surface area (Å²) >= 11 is 1.55. The molecule has 3 heterocycles. The van der Waals surface area contributed by atoms with E-state index in [1.165, 1.54) is 6.33 Å². The number of hydrogen-bond donors (Lipinski definition) is 4. The number of hydrogen-bond acceptors (Lipinski definition) is 9. The van der Waals surface area contributed by atoms with Crippen molar-refractivity contribution in [2.45, 2.75) is 4.90 Å². The second-order valence-electron chi connectivity index (χ2n) is 6.26. The number of nitrogens with zero attached hydrogens (tertiary/aromatic N) is 5. The first-order valence-electron chi connectivity index (χ1n) is 9.28. The second-order valence-corrected chi connectivity index (χ2v) is 7.08. The summed E-state index contributed by atoms with van der Waals surface area (Å²) < 4.78 is 0. The Morgan fingerprint density at radius 1 is 1.00 bits per heavy atom. The van der Waals surface area contributed by atoms with Crippen LogP contribution >= 0.6 is 11.8 Å². The summed E-state index contributed by atoms with van der Waals surface area (Å²) in [5.41, 5.74) is 2.36. The molecule has 11 heteroatoms. The largest absolute Gasteiger partial charge is 0.354 e. The van der Waals surface area contributed by atoms with Crippen LogP contribution in [0.3, 0.4) is 0 Å². The number of carbonyl (C=O) groups excluding carboxylic acids is 1. The normalized spacial score (nSPS) is 10.5. The van der Waals surface area contributed by atoms with Crippen LogP contribution in [0.25, 0.3) is 11.4 Å². The van der Waals surface area contributed by atoms with Gasteiger partial charge >= 0.3 is 0 Å². The van der Waals surface area contributed by atoms with Gasteiger partial charge in [-0.25, -0.2) is 4.98 Å². The Kier molecular flexibility index (Phi) is 6.03. The lowest BCUT2D eigenvalue weighted by Gasteiger charge is -2.16. The molecule has 0 aliphatic carbocycles. The molecule has 0 atom stereocenters. The second kappa shape index (κ2) is 9.22. The molecule has 4 N–H and O–H groups in total. The number of nitrogens with one attached hydrogen (secondary N) is 4. The predicted octanol–water partition coefficient (Wildman–Crippen LogP) is 3.23. The lowest BCUT2D eigenvalue weighted by Crippen LogP contribution is -2.21. The van der Waals surface area contributed by atoms with Crippen LogP contribution in [0.4, 0.5) is 23.0 Å². The molecule has 0 saturated carbocycles. The van der Waals surface area contributed by atoms with Crippen molar-refractivity contribution in [1.29, 1.82) is 0 Å². The maximum absolute atomic E-state index is 12.4. The Morgan fingerprint density at radius 3 is 2.61 bits per heavy atom. The first kappa shape index (κ1) is 20.3. The van der Waals surface area contributed by atoms with E-state index in [1.54, 1.807) is 31.1 Å². The molecule has 4 aromatic rings. The topological polar surface area (TPSA) is 133 Å². The van der Waals surface area contributed by atoms with Gasteiger partial charge in [0.05, 0.1) is 11.4 Å². The third kappa shape index (κ3) is 4.46. The quantitative estimate of drug-likeness (QED) is 0.324. The number of benzene rings is 1. The van der Waals surface area contributed by atoms with E-state index in [1.807, 2.05) is 42.7 Å². The van der Waals surface area contributed by atoms with Crippen LogP contribution in [0.1, 0.15) is 10.5 Å². The molecular weight excluding hydrogens is 414 g/mol. The van der Waals surface area contributed by atoms with Crippen LogP contribution in [0.5, 0.6) is 0 Å². The zero-order valence-corrected chi connectivity index (χ0v) is 17.6. The molecular formula is C20H19N9OS. The molecule has 10 nitrogen and oxygen atoms in total. The summed E-state index contributed by atoms with van der Waals surface area (Å²) in [6, 6.07) is 13.0. The minimum absolute atomic E-state index is 0.172. The molecule has 0 saturated heterocycles. The van der Waals surface area contributed by atoms with Crippen molar-refractivity contribution in [1.82, 2.24) is 35.7 Å². The summed E-state index contributed by atoms with van der Waals surface area (Å²) in [6.45, 7) is 0. The molecule has 0 bridgehead atoms. The minimum Gasteiger partial charge on any atom is -0.354 e. The number of carbonyl (C=O) groups is 1. The molecule has 3 aromatic heterocycles. The van der Waals surface area contributed by atoms with E-state index >= 15 is 0 Å². The Morgan fingerprint density at radius 2 is 1.90 bits per heavy atom. The van der Waals surface area contributed by atoms with Gasteiger partial charge in [0.1, 0.15) is 12.1 Å². The molecule has 0 aliphatic rings. The molecule has 0 aliphatic heterocycles. The van der Waals surface area contributed by atoms with Crippen LogP contribution in [-0.2, 0) is 0 Å². The highest BCUT2D eigenvalue weighted by atomic mass is 32.2. The average Bonchev–Trinajstić information content (AvgIpc) is 3.34. The van der Waals surface area contributed by atoms with Gasteiger partial charge in [-0.3, -0.25) is 4.79 Å². The smallest absolute Gasteiger partial charge is 0.273 e. The summed E-state index contributed by atoms with van der Waals surface area (Å²) in [6.07, 6.45) is 5.18. The fourth-order valence-corrected chi connectivity index (χ4v) is 3.65. The van der Waals surface area contributed by atoms with E-state index in [0.717, 1.165) is 16.1 Å². The van der Waals surface area contributed by atoms with Crippen molar-refractivity contribution in [3.63, 3.8) is 0 Å². The highest BCUT2D eigenvalue weighted by Gasteiger charge is 2.18. The highest BCUT2D eigenvalue weighted by Crippen LogP contribution is 2.36. The van der Waals surface area contributed by atoms with Crippen LogP contribution in [0.2, 0.25) is 0 Å². The maximum Gasteiger partial charge on any atom is 0.273 e. The molecule has 1 aromatic carbocycles. The zero-order valence-electron chi connectivity index (χ0n) is 16.7. The van der Waals surface area contributed by atoms with Gasteiger partial charge in [0.15, 0.2) is 17.3 Å². The number of anilines is 4. The fourth-order valence-electron chi connectivity index (χ4n) is 2.93. The minimum atomic E-state index is -0.350. The van der Waals surface area contributed by atoms with Crippen molar-refractivity contribution in [2.75, 3.05) is 23.9 Å². The Hall–Kier alpha value is -3.99. The first-order chi connectivity index (χ1) is 15.2. The molecule has 4 rings (SSSR count). The zero-order chi connectivity index (χ0) is 21.6. The first-order valence-corrected chi connectivity index (χ1v) is 10.5. The van der Waals surface area contributed by atoms with E-state index in [-0.39, 0.29) is 11.6 Å². The predicted molar refractivity (Wildman–Crippen MR) is 120 cm³/mol. The van der Waals surface area contributed by atoms with Crippen LogP contribution < -0.4 is 16.0 Å². The van der Waals surface area contributed by atoms with Crippen molar-refractivity contribution >= 4 is 40.7 Å². The lowest BCUT2D eigenvalue weighted by atomic mass is 10.1. The van der Waals surface area contributed by atoms with Gasteiger partial charge in [-0.15, -0.1) is 32.2 Å². The van der Waals surface area contributed by atoms with Gasteiger partial charge in [0.25, 0.3) is 5.91 Å². The molecule has 1 amide bonds. The van der Waals surface area contributed by atoms with Gasteiger partial charge in [0.2, 0.25) is 0 Å². The SMILES string of the molecule is CNC(=O)c1nnc(Nc2ccccn2)cc1Nc1cccc(-c2nnc[nH]2)c1SC. The van der Waals surface area contributed by atoms with Crippen molar-refractivity contribution in [3.05, 3.63) is 60.7 Å². The maximum atomic E-state index is 12.4. The Bertz CT molecular complexity index is 1180. The number of amides is 1. The lowest BCUT2D eigenvalue weighted by molar-refractivity contribution is 0.0958. The molecule has 156 valence electrons. The number of pyridine rings is 1. The van der Waals surface area contributed by atoms with Crippen LogP contribution in [-0.4, -0.2) is 49.6 Å². The van der Waals surface area contributed by atoms with Crippen molar-refractivity contribution in [3.8, 4) is 11.4 Å². The number of aromatic amines is 1. The number of H-pyrrole nitrogens is 1. The van der Waals surface area contributed by atoms with Crippen molar-refractivity contribution in [2.24, 2.45) is 0 Å². The molecule has 0 spiro atoms. The number of aromatic nitrogens is 6. The van der Waals surface area contributed by atoms with Gasteiger partial charge in [-0.05, 0) is 30.5 Å².